The highest BCUT2D eigenvalue weighted by molar-refractivity contribution is 8.15. The van der Waals surface area contributed by atoms with Crippen LogP contribution in [0.2, 0.25) is 0 Å². The van der Waals surface area contributed by atoms with E-state index in [-0.39, 0.29) is 22.8 Å². The van der Waals surface area contributed by atoms with Gasteiger partial charge in [-0.2, -0.15) is 0 Å². The number of amidine groups is 1. The first-order valence-corrected chi connectivity index (χ1v) is 7.07. The van der Waals surface area contributed by atoms with E-state index in [4.69, 9.17) is 5.41 Å². The van der Waals surface area contributed by atoms with Gasteiger partial charge in [-0.1, -0.05) is 17.8 Å². The third kappa shape index (κ3) is 1.56. The Morgan fingerprint density at radius 1 is 1.64 bits per heavy atom. The highest BCUT2D eigenvalue weighted by Gasteiger charge is 2.47. The number of hydrogen-bond acceptors (Lipinski definition) is 4. The summed E-state index contributed by atoms with van der Waals surface area (Å²) in [6.45, 7) is 4.18. The zero-order chi connectivity index (χ0) is 10.3. The minimum atomic E-state index is -2.87. The van der Waals surface area contributed by atoms with Crippen molar-refractivity contribution in [1.29, 1.82) is 5.41 Å². The van der Waals surface area contributed by atoms with E-state index in [2.05, 4.69) is 6.58 Å². The summed E-state index contributed by atoms with van der Waals surface area (Å²) >= 11 is 1.37. The predicted molar refractivity (Wildman–Crippen MR) is 58.5 cm³/mol. The van der Waals surface area contributed by atoms with Crippen LogP contribution in [0.4, 0.5) is 0 Å². The number of fused-ring (bicyclic) bond motifs is 1. The van der Waals surface area contributed by atoms with Crippen LogP contribution in [0.25, 0.3) is 0 Å². The van der Waals surface area contributed by atoms with E-state index < -0.39 is 9.84 Å². The summed E-state index contributed by atoms with van der Waals surface area (Å²) in [5.74, 6) is 0.416. The summed E-state index contributed by atoms with van der Waals surface area (Å²) in [5, 5.41) is 8.23. The Bertz CT molecular complexity index is 377. The molecule has 78 valence electrons. The molecule has 2 aliphatic rings. The zero-order valence-corrected chi connectivity index (χ0v) is 9.27. The number of hydrogen-bond donors (Lipinski definition) is 1. The molecule has 0 spiro atoms. The Hall–Kier alpha value is -0.490. The van der Waals surface area contributed by atoms with Crippen LogP contribution < -0.4 is 0 Å². The van der Waals surface area contributed by atoms with Crippen LogP contribution in [0.5, 0.6) is 0 Å². The smallest absolute Gasteiger partial charge is 0.157 e. The molecule has 2 atom stereocenters. The van der Waals surface area contributed by atoms with Crippen molar-refractivity contribution in [2.75, 3.05) is 18.1 Å². The molecule has 2 rings (SSSR count). The second kappa shape index (κ2) is 3.27. The molecule has 0 aromatic rings. The van der Waals surface area contributed by atoms with E-state index in [1.165, 1.54) is 11.8 Å². The molecule has 2 fully saturated rings. The highest BCUT2D eigenvalue weighted by Crippen LogP contribution is 2.36. The van der Waals surface area contributed by atoms with Gasteiger partial charge in [0.15, 0.2) is 15.0 Å². The fourth-order valence-electron chi connectivity index (χ4n) is 1.92. The van der Waals surface area contributed by atoms with Gasteiger partial charge in [-0.3, -0.25) is 5.41 Å². The van der Waals surface area contributed by atoms with Crippen molar-refractivity contribution in [3.63, 3.8) is 0 Å². The van der Waals surface area contributed by atoms with E-state index in [1.54, 1.807) is 6.08 Å². The Balaban J connectivity index is 2.21. The number of sulfone groups is 1. The van der Waals surface area contributed by atoms with Crippen molar-refractivity contribution >= 4 is 26.8 Å². The largest absolute Gasteiger partial charge is 0.343 e. The van der Waals surface area contributed by atoms with Gasteiger partial charge in [0, 0.05) is 11.8 Å². The summed E-state index contributed by atoms with van der Waals surface area (Å²) in [6, 6.07) is -0.00417. The van der Waals surface area contributed by atoms with Crippen LogP contribution in [0.3, 0.4) is 0 Å². The second-order valence-electron chi connectivity index (χ2n) is 3.55. The third-order valence-electron chi connectivity index (χ3n) is 2.52. The lowest BCUT2D eigenvalue weighted by Gasteiger charge is -2.21. The van der Waals surface area contributed by atoms with Crippen LogP contribution >= 0.6 is 11.8 Å². The lowest BCUT2D eigenvalue weighted by Crippen LogP contribution is -2.36. The van der Waals surface area contributed by atoms with Crippen molar-refractivity contribution in [2.45, 2.75) is 11.3 Å². The summed E-state index contributed by atoms with van der Waals surface area (Å²) in [5.41, 5.74) is 0. The van der Waals surface area contributed by atoms with Crippen molar-refractivity contribution in [2.24, 2.45) is 0 Å². The monoisotopic (exact) mass is 232 g/mol. The maximum absolute atomic E-state index is 11.4. The summed E-state index contributed by atoms with van der Waals surface area (Å²) in [4.78, 5) is 1.83. The third-order valence-corrected chi connectivity index (χ3v) is 5.69. The van der Waals surface area contributed by atoms with Gasteiger partial charge < -0.3 is 4.90 Å². The van der Waals surface area contributed by atoms with Crippen molar-refractivity contribution in [3.8, 4) is 0 Å². The number of nitrogens with one attached hydrogen (secondary N) is 1. The minimum absolute atomic E-state index is 0.00417. The molecule has 6 heteroatoms. The Labute approximate surface area is 87.8 Å². The van der Waals surface area contributed by atoms with E-state index >= 15 is 0 Å². The zero-order valence-electron chi connectivity index (χ0n) is 7.64. The predicted octanol–water partition coefficient (Wildman–Crippen LogP) is 0.322. The molecule has 1 N–H and O–H groups in total. The lowest BCUT2D eigenvalue weighted by molar-refractivity contribution is 0.389. The molecule has 0 saturated carbocycles. The van der Waals surface area contributed by atoms with Crippen LogP contribution in [0.15, 0.2) is 12.7 Å². The molecular formula is C8H12N2O2S2. The molecule has 2 saturated heterocycles. The standard InChI is InChI=1S/C8H12N2O2S2/c1-2-3-10-6-4-14(11,12)5-7(6)13-8(10)9/h2,6-7,9H,1,3-5H2/t6-,7-/m1/s1. The summed E-state index contributed by atoms with van der Waals surface area (Å²) < 4.78 is 22.7. The molecule has 14 heavy (non-hydrogen) atoms. The molecule has 0 unspecified atom stereocenters. The van der Waals surface area contributed by atoms with Gasteiger partial charge in [-0.25, -0.2) is 8.42 Å². The van der Waals surface area contributed by atoms with Crippen molar-refractivity contribution in [3.05, 3.63) is 12.7 Å². The van der Waals surface area contributed by atoms with E-state index in [1.807, 2.05) is 4.90 Å². The molecule has 0 radical (unpaired) electrons. The maximum Gasteiger partial charge on any atom is 0.157 e. The highest BCUT2D eigenvalue weighted by atomic mass is 32.2. The Kier molecular flexibility index (Phi) is 2.35. The maximum atomic E-state index is 11.4. The van der Waals surface area contributed by atoms with Gasteiger partial charge in [0.05, 0.1) is 17.5 Å². The molecule has 4 nitrogen and oxygen atoms in total. The lowest BCUT2D eigenvalue weighted by atomic mass is 10.2. The van der Waals surface area contributed by atoms with E-state index in [9.17, 15) is 8.42 Å². The quantitative estimate of drug-likeness (QED) is 0.697. The fraction of sp³-hybridized carbons (Fsp3) is 0.625. The van der Waals surface area contributed by atoms with E-state index in [0.29, 0.717) is 11.7 Å². The summed E-state index contributed by atoms with van der Waals surface area (Å²) in [6.07, 6.45) is 1.71. The SMILES string of the molecule is C=CCN1C(=N)S[C@@H]2CS(=O)(=O)C[C@H]21. The van der Waals surface area contributed by atoms with Gasteiger partial charge in [0.2, 0.25) is 0 Å². The van der Waals surface area contributed by atoms with Gasteiger partial charge >= 0.3 is 0 Å². The van der Waals surface area contributed by atoms with Gasteiger partial charge in [0.25, 0.3) is 0 Å². The fourth-order valence-corrected chi connectivity index (χ4v) is 5.76. The minimum Gasteiger partial charge on any atom is -0.343 e. The average molecular weight is 232 g/mol. The van der Waals surface area contributed by atoms with Crippen LogP contribution in [-0.4, -0.2) is 47.8 Å². The first kappa shape index (κ1) is 10.0. The molecule has 0 bridgehead atoms. The first-order chi connectivity index (χ1) is 6.53. The Morgan fingerprint density at radius 2 is 2.36 bits per heavy atom. The molecule has 2 aliphatic heterocycles. The van der Waals surface area contributed by atoms with Crippen molar-refractivity contribution in [1.82, 2.24) is 4.90 Å². The molecule has 0 aromatic carbocycles. The van der Waals surface area contributed by atoms with Crippen LogP contribution in [0, 0.1) is 5.41 Å². The number of thioether (sulfide) groups is 1. The second-order valence-corrected chi connectivity index (χ2v) is 6.93. The van der Waals surface area contributed by atoms with Gasteiger partial charge in [-0.15, -0.1) is 6.58 Å². The molecule has 2 heterocycles. The topological polar surface area (TPSA) is 61.2 Å². The van der Waals surface area contributed by atoms with Crippen molar-refractivity contribution < 1.29 is 8.42 Å². The van der Waals surface area contributed by atoms with Gasteiger partial charge in [-0.05, 0) is 0 Å². The van der Waals surface area contributed by atoms with Crippen LogP contribution in [0.1, 0.15) is 0 Å². The summed E-state index contributed by atoms with van der Waals surface area (Å²) in [7, 11) is -2.87. The van der Waals surface area contributed by atoms with Crippen LogP contribution in [-0.2, 0) is 9.84 Å². The molecule has 0 aromatic heterocycles. The first-order valence-electron chi connectivity index (χ1n) is 4.36. The van der Waals surface area contributed by atoms with E-state index in [0.717, 1.165) is 0 Å². The normalized spacial score (nSPS) is 34.6. The van der Waals surface area contributed by atoms with Gasteiger partial charge in [0.1, 0.15) is 0 Å². The average Bonchev–Trinajstić information content (AvgIpc) is 2.47. The number of rotatable bonds is 2. The molecule has 0 amide bonds. The number of nitrogens with zero attached hydrogens (tertiary/aromatic N) is 1. The molecular weight excluding hydrogens is 220 g/mol. The Morgan fingerprint density at radius 3 is 3.00 bits per heavy atom. The molecule has 0 aliphatic carbocycles.